The average molecular weight is 279 g/mol. The molecule has 0 spiro atoms. The van der Waals surface area contributed by atoms with Crippen LogP contribution in [0.15, 0.2) is 0 Å². The molecule has 3 atom stereocenters. The minimum absolute atomic E-state index is 0.0571. The SMILES string of the molecule is CC(C)(CN)N1CCN(C(=O)C2CC3CCC2C3)CC1. The Bertz CT molecular complexity index is 374. The summed E-state index contributed by atoms with van der Waals surface area (Å²) in [4.78, 5) is 17.2. The summed E-state index contributed by atoms with van der Waals surface area (Å²) in [5, 5.41) is 0. The van der Waals surface area contributed by atoms with Crippen molar-refractivity contribution in [3.63, 3.8) is 0 Å². The Hall–Kier alpha value is -0.610. The molecule has 0 aromatic carbocycles. The summed E-state index contributed by atoms with van der Waals surface area (Å²) in [5.74, 6) is 2.35. The van der Waals surface area contributed by atoms with E-state index < -0.39 is 0 Å². The van der Waals surface area contributed by atoms with Crippen LogP contribution in [0.1, 0.15) is 39.5 Å². The summed E-state index contributed by atoms with van der Waals surface area (Å²) in [6.07, 6.45) is 5.14. The van der Waals surface area contributed by atoms with Crippen molar-refractivity contribution in [3.8, 4) is 0 Å². The van der Waals surface area contributed by atoms with Gasteiger partial charge in [-0.3, -0.25) is 9.69 Å². The molecular formula is C16H29N3O. The highest BCUT2D eigenvalue weighted by Crippen LogP contribution is 2.48. The molecule has 1 amide bonds. The van der Waals surface area contributed by atoms with Crippen molar-refractivity contribution in [3.05, 3.63) is 0 Å². The fourth-order valence-corrected chi connectivity index (χ4v) is 4.44. The zero-order chi connectivity index (χ0) is 14.3. The number of carbonyl (C=O) groups excluding carboxylic acids is 1. The first-order chi connectivity index (χ1) is 9.51. The van der Waals surface area contributed by atoms with E-state index in [1.165, 1.54) is 19.3 Å². The van der Waals surface area contributed by atoms with Gasteiger partial charge in [0.25, 0.3) is 0 Å². The van der Waals surface area contributed by atoms with Crippen molar-refractivity contribution in [2.45, 2.75) is 45.1 Å². The predicted molar refractivity (Wildman–Crippen MR) is 80.2 cm³/mol. The Labute approximate surface area is 122 Å². The van der Waals surface area contributed by atoms with E-state index in [4.69, 9.17) is 5.73 Å². The Morgan fingerprint density at radius 1 is 1.15 bits per heavy atom. The zero-order valence-corrected chi connectivity index (χ0v) is 13.0. The third kappa shape index (κ3) is 2.48. The Balaban J connectivity index is 1.54. The molecule has 2 saturated carbocycles. The topological polar surface area (TPSA) is 49.6 Å². The van der Waals surface area contributed by atoms with E-state index in [1.807, 2.05) is 0 Å². The molecule has 0 aromatic heterocycles. The summed E-state index contributed by atoms with van der Waals surface area (Å²) in [6, 6.07) is 0. The number of rotatable bonds is 3. The van der Waals surface area contributed by atoms with Crippen molar-refractivity contribution >= 4 is 5.91 Å². The van der Waals surface area contributed by atoms with E-state index in [2.05, 4.69) is 23.6 Å². The minimum atomic E-state index is 0.0571. The van der Waals surface area contributed by atoms with E-state index in [0.717, 1.165) is 38.5 Å². The molecule has 20 heavy (non-hydrogen) atoms. The molecule has 4 nitrogen and oxygen atoms in total. The number of carbonyl (C=O) groups is 1. The maximum Gasteiger partial charge on any atom is 0.226 e. The van der Waals surface area contributed by atoms with Crippen LogP contribution in [0.5, 0.6) is 0 Å². The molecule has 2 aliphatic carbocycles. The number of hydrogen-bond donors (Lipinski definition) is 1. The van der Waals surface area contributed by atoms with Crippen LogP contribution in [0, 0.1) is 17.8 Å². The van der Waals surface area contributed by atoms with Gasteiger partial charge in [0.1, 0.15) is 0 Å². The lowest BCUT2D eigenvalue weighted by Crippen LogP contribution is -2.58. The van der Waals surface area contributed by atoms with Gasteiger partial charge in [-0.2, -0.15) is 0 Å². The monoisotopic (exact) mass is 279 g/mol. The highest BCUT2D eigenvalue weighted by molar-refractivity contribution is 5.79. The smallest absolute Gasteiger partial charge is 0.226 e. The average Bonchev–Trinajstić information content (AvgIpc) is 3.09. The van der Waals surface area contributed by atoms with Gasteiger partial charge < -0.3 is 10.6 Å². The van der Waals surface area contributed by atoms with Crippen LogP contribution in [-0.2, 0) is 4.79 Å². The zero-order valence-electron chi connectivity index (χ0n) is 13.0. The van der Waals surface area contributed by atoms with Crippen molar-refractivity contribution in [2.24, 2.45) is 23.5 Å². The van der Waals surface area contributed by atoms with Gasteiger partial charge in [0.2, 0.25) is 5.91 Å². The van der Waals surface area contributed by atoms with E-state index >= 15 is 0 Å². The van der Waals surface area contributed by atoms with Crippen LogP contribution >= 0.6 is 0 Å². The van der Waals surface area contributed by atoms with Crippen LogP contribution in [0.2, 0.25) is 0 Å². The van der Waals surface area contributed by atoms with Gasteiger partial charge in [0, 0.05) is 44.2 Å². The molecule has 1 saturated heterocycles. The molecule has 3 unspecified atom stereocenters. The van der Waals surface area contributed by atoms with Gasteiger partial charge in [-0.1, -0.05) is 6.42 Å². The van der Waals surface area contributed by atoms with Crippen molar-refractivity contribution in [1.82, 2.24) is 9.80 Å². The Kier molecular flexibility index (Phi) is 3.80. The van der Waals surface area contributed by atoms with Gasteiger partial charge in [-0.05, 0) is 44.9 Å². The van der Waals surface area contributed by atoms with Gasteiger partial charge >= 0.3 is 0 Å². The fourth-order valence-electron chi connectivity index (χ4n) is 4.44. The Morgan fingerprint density at radius 2 is 1.85 bits per heavy atom. The standard InChI is InChI=1S/C16H29N3O/c1-16(2,11-17)19-7-5-18(6-8-19)15(20)14-10-12-3-4-13(14)9-12/h12-14H,3-11,17H2,1-2H3. The summed E-state index contributed by atoms with van der Waals surface area (Å²) in [7, 11) is 0. The second-order valence-corrected chi connectivity index (χ2v) is 7.61. The summed E-state index contributed by atoms with van der Waals surface area (Å²) in [5.41, 5.74) is 5.91. The normalized spacial score (nSPS) is 34.8. The highest BCUT2D eigenvalue weighted by Gasteiger charge is 2.44. The first kappa shape index (κ1) is 14.3. The van der Waals surface area contributed by atoms with E-state index in [0.29, 0.717) is 24.3 Å². The first-order valence-electron chi connectivity index (χ1n) is 8.25. The summed E-state index contributed by atoms with van der Waals surface area (Å²) in [6.45, 7) is 8.77. The lowest BCUT2D eigenvalue weighted by molar-refractivity contribution is -0.139. The van der Waals surface area contributed by atoms with Crippen molar-refractivity contribution < 1.29 is 4.79 Å². The number of amides is 1. The molecular weight excluding hydrogens is 250 g/mol. The molecule has 0 radical (unpaired) electrons. The maximum absolute atomic E-state index is 12.7. The molecule has 1 aliphatic heterocycles. The third-order valence-electron chi connectivity index (χ3n) is 6.00. The number of nitrogens with two attached hydrogens (primary N) is 1. The number of hydrogen-bond acceptors (Lipinski definition) is 3. The van der Waals surface area contributed by atoms with Gasteiger partial charge in [0.15, 0.2) is 0 Å². The lowest BCUT2D eigenvalue weighted by Gasteiger charge is -2.44. The lowest BCUT2D eigenvalue weighted by atomic mass is 9.87. The molecule has 3 rings (SSSR count). The van der Waals surface area contributed by atoms with Crippen molar-refractivity contribution in [1.29, 1.82) is 0 Å². The van der Waals surface area contributed by atoms with Gasteiger partial charge in [0.05, 0.1) is 0 Å². The van der Waals surface area contributed by atoms with E-state index in [9.17, 15) is 4.79 Å². The third-order valence-corrected chi connectivity index (χ3v) is 6.00. The molecule has 1 heterocycles. The van der Waals surface area contributed by atoms with Crippen LogP contribution in [0.3, 0.4) is 0 Å². The molecule has 3 fully saturated rings. The second kappa shape index (κ2) is 5.30. The van der Waals surface area contributed by atoms with Crippen LogP contribution < -0.4 is 5.73 Å². The number of fused-ring (bicyclic) bond motifs is 2. The second-order valence-electron chi connectivity index (χ2n) is 7.61. The van der Waals surface area contributed by atoms with Crippen LogP contribution in [-0.4, -0.2) is 54.0 Å². The maximum atomic E-state index is 12.7. The summed E-state index contributed by atoms with van der Waals surface area (Å²) >= 11 is 0. The molecule has 3 aliphatic rings. The van der Waals surface area contributed by atoms with Gasteiger partial charge in [-0.25, -0.2) is 0 Å². The molecule has 2 N–H and O–H groups in total. The first-order valence-corrected chi connectivity index (χ1v) is 8.25. The largest absolute Gasteiger partial charge is 0.340 e. The van der Waals surface area contributed by atoms with E-state index in [-0.39, 0.29) is 5.54 Å². The van der Waals surface area contributed by atoms with Gasteiger partial charge in [-0.15, -0.1) is 0 Å². The van der Waals surface area contributed by atoms with Crippen molar-refractivity contribution in [2.75, 3.05) is 32.7 Å². The highest BCUT2D eigenvalue weighted by atomic mass is 16.2. The quantitative estimate of drug-likeness (QED) is 0.847. The molecule has 4 heteroatoms. The minimum Gasteiger partial charge on any atom is -0.340 e. The number of piperazine rings is 1. The van der Waals surface area contributed by atoms with Crippen LogP contribution in [0.25, 0.3) is 0 Å². The molecule has 114 valence electrons. The Morgan fingerprint density at radius 3 is 2.35 bits per heavy atom. The number of nitrogens with zero attached hydrogens (tertiary/aromatic N) is 2. The predicted octanol–water partition coefficient (Wildman–Crippen LogP) is 1.30. The molecule has 2 bridgehead atoms. The molecule has 0 aromatic rings. The van der Waals surface area contributed by atoms with Crippen LogP contribution in [0.4, 0.5) is 0 Å². The summed E-state index contributed by atoms with van der Waals surface area (Å²) < 4.78 is 0. The van der Waals surface area contributed by atoms with E-state index in [1.54, 1.807) is 0 Å². The fraction of sp³-hybridized carbons (Fsp3) is 0.938.